The number of nitrogens with one attached hydrogen (secondary N) is 1. The van der Waals surface area contributed by atoms with Crippen LogP contribution in [-0.4, -0.2) is 19.3 Å². The van der Waals surface area contributed by atoms with E-state index < -0.39 is 27.7 Å². The van der Waals surface area contributed by atoms with Gasteiger partial charge in [-0.3, -0.25) is 4.79 Å². The van der Waals surface area contributed by atoms with Crippen LogP contribution in [0.4, 0.5) is 24.7 Å². The Balaban J connectivity index is 1.45. The van der Waals surface area contributed by atoms with Gasteiger partial charge in [0, 0.05) is 22.7 Å². The maximum absolute atomic E-state index is 13.5. The lowest BCUT2D eigenvalue weighted by atomic mass is 10.0. The third-order valence-electron chi connectivity index (χ3n) is 6.20. The molecule has 5 N–H and O–H groups in total. The maximum Gasteiger partial charge on any atom is 0.416 e. The summed E-state index contributed by atoms with van der Waals surface area (Å²) in [4.78, 5) is 17.0. The van der Waals surface area contributed by atoms with Crippen LogP contribution in [0.1, 0.15) is 15.9 Å². The quantitative estimate of drug-likeness (QED) is 0.220. The van der Waals surface area contributed by atoms with Crippen LogP contribution in [0, 0.1) is 0 Å². The summed E-state index contributed by atoms with van der Waals surface area (Å²) in [6.07, 6.45) is -3.12. The average Bonchev–Trinajstić information content (AvgIpc) is 2.93. The van der Waals surface area contributed by atoms with E-state index in [9.17, 15) is 26.4 Å². The summed E-state index contributed by atoms with van der Waals surface area (Å²) in [7, 11) is -4.01. The molecule has 1 amide bonds. The van der Waals surface area contributed by atoms with Crippen molar-refractivity contribution in [1.29, 1.82) is 0 Å². The van der Waals surface area contributed by atoms with Gasteiger partial charge in [-0.25, -0.2) is 18.5 Å². The number of ether oxygens (including phenoxy) is 1. The zero-order valence-corrected chi connectivity index (χ0v) is 21.8. The topological polar surface area (TPSA) is 137 Å². The van der Waals surface area contributed by atoms with Crippen molar-refractivity contribution in [2.24, 2.45) is 5.14 Å². The zero-order valence-electron chi connectivity index (χ0n) is 21.0. The lowest BCUT2D eigenvalue weighted by Gasteiger charge is -2.16. The Hall–Kier alpha value is -4.94. The van der Waals surface area contributed by atoms with Gasteiger partial charge in [0.05, 0.1) is 16.1 Å². The molecule has 0 saturated heterocycles. The molecule has 0 radical (unpaired) electrons. The Kier molecular flexibility index (Phi) is 7.11. The molecule has 0 bridgehead atoms. The molecule has 8 nitrogen and oxygen atoms in total. The lowest BCUT2D eigenvalue weighted by molar-refractivity contribution is -0.137. The van der Waals surface area contributed by atoms with Crippen LogP contribution in [0.15, 0.2) is 102 Å². The Morgan fingerprint density at radius 1 is 0.902 bits per heavy atom. The summed E-state index contributed by atoms with van der Waals surface area (Å²) in [5.74, 6) is -0.228. The van der Waals surface area contributed by atoms with Gasteiger partial charge in [-0.1, -0.05) is 36.4 Å². The van der Waals surface area contributed by atoms with Gasteiger partial charge in [-0.15, -0.1) is 0 Å². The molecule has 1 aromatic heterocycles. The van der Waals surface area contributed by atoms with Crippen molar-refractivity contribution in [2.75, 3.05) is 11.1 Å². The van der Waals surface area contributed by atoms with Gasteiger partial charge in [-0.2, -0.15) is 13.2 Å². The van der Waals surface area contributed by atoms with Crippen LogP contribution in [0.5, 0.6) is 11.5 Å². The van der Waals surface area contributed by atoms with Gasteiger partial charge in [0.25, 0.3) is 5.91 Å². The number of alkyl halides is 3. The third-order valence-corrected chi connectivity index (χ3v) is 7.17. The SMILES string of the molecule is Nc1nccc2ccc(Oc3ccc(C(F)(F)F)cc3NC(=O)c3ccc(-c4ccccc4S(N)(=O)=O)cc3)cc12. The molecule has 0 unspecified atom stereocenters. The van der Waals surface area contributed by atoms with Crippen molar-refractivity contribution in [3.63, 3.8) is 0 Å². The highest BCUT2D eigenvalue weighted by Crippen LogP contribution is 2.38. The Morgan fingerprint density at radius 2 is 1.63 bits per heavy atom. The first-order valence-electron chi connectivity index (χ1n) is 12.0. The van der Waals surface area contributed by atoms with Gasteiger partial charge >= 0.3 is 6.18 Å². The number of benzene rings is 4. The molecular weight excluding hydrogens is 557 g/mol. The minimum Gasteiger partial charge on any atom is -0.455 e. The second-order valence-corrected chi connectivity index (χ2v) is 10.5. The minimum absolute atomic E-state index is 0.0353. The predicted octanol–water partition coefficient (Wildman–Crippen LogP) is 6.19. The molecule has 0 aliphatic carbocycles. The first-order chi connectivity index (χ1) is 19.4. The molecule has 5 rings (SSSR count). The van der Waals surface area contributed by atoms with E-state index in [0.29, 0.717) is 16.5 Å². The number of hydrogen-bond donors (Lipinski definition) is 3. The van der Waals surface area contributed by atoms with Crippen LogP contribution in [0.3, 0.4) is 0 Å². The number of anilines is 2. The van der Waals surface area contributed by atoms with Crippen molar-refractivity contribution >= 4 is 38.2 Å². The molecule has 0 atom stereocenters. The molecule has 1 heterocycles. The van der Waals surface area contributed by atoms with Crippen LogP contribution in [-0.2, 0) is 16.2 Å². The Morgan fingerprint density at radius 3 is 2.34 bits per heavy atom. The van der Waals surface area contributed by atoms with E-state index in [4.69, 9.17) is 15.6 Å². The van der Waals surface area contributed by atoms with Gasteiger partial charge in [0.1, 0.15) is 11.6 Å². The number of primary sulfonamides is 1. The largest absolute Gasteiger partial charge is 0.455 e. The first kappa shape index (κ1) is 27.6. The number of sulfonamides is 1. The summed E-state index contributed by atoms with van der Waals surface area (Å²) >= 11 is 0. The van der Waals surface area contributed by atoms with Crippen LogP contribution < -0.4 is 20.9 Å². The molecule has 0 aliphatic heterocycles. The van der Waals surface area contributed by atoms with E-state index in [2.05, 4.69) is 10.3 Å². The number of nitrogen functional groups attached to an aromatic ring is 1. The van der Waals surface area contributed by atoms with Crippen LogP contribution in [0.2, 0.25) is 0 Å². The number of pyridine rings is 1. The number of hydrogen-bond acceptors (Lipinski definition) is 6. The monoisotopic (exact) mass is 578 g/mol. The molecule has 208 valence electrons. The highest BCUT2D eigenvalue weighted by atomic mass is 32.2. The van der Waals surface area contributed by atoms with Crippen molar-refractivity contribution in [3.05, 3.63) is 108 Å². The molecule has 5 aromatic rings. The average molecular weight is 579 g/mol. The number of halogens is 3. The van der Waals surface area contributed by atoms with Crippen molar-refractivity contribution < 1.29 is 31.1 Å². The minimum atomic E-state index is -4.67. The Labute approximate surface area is 232 Å². The molecule has 12 heteroatoms. The van der Waals surface area contributed by atoms with E-state index in [-0.39, 0.29) is 33.5 Å². The fraction of sp³-hybridized carbons (Fsp3) is 0.0345. The summed E-state index contributed by atoms with van der Waals surface area (Å²) in [5, 5.41) is 9.18. The summed E-state index contributed by atoms with van der Waals surface area (Å²) in [5.41, 5.74) is 5.65. The van der Waals surface area contributed by atoms with E-state index in [1.54, 1.807) is 42.6 Å². The number of carbonyl (C=O) groups is 1. The second kappa shape index (κ2) is 10.6. The van der Waals surface area contributed by atoms with Gasteiger partial charge < -0.3 is 15.8 Å². The van der Waals surface area contributed by atoms with E-state index in [1.807, 2.05) is 0 Å². The number of aromatic nitrogens is 1. The standard InChI is InChI=1S/C29H21F3N4O4S/c30-29(31,32)20-10-12-25(40-21-11-9-18-13-14-35-27(33)23(18)16-21)24(15-20)36-28(37)19-7-5-17(6-8-19)22-3-1-2-4-26(22)41(34,38)39/h1-16H,(H2,33,35)(H,36,37)(H2,34,38,39). The molecule has 0 saturated carbocycles. The second-order valence-electron chi connectivity index (χ2n) is 8.96. The molecule has 0 fully saturated rings. The van der Waals surface area contributed by atoms with Crippen LogP contribution in [0.25, 0.3) is 21.9 Å². The third kappa shape index (κ3) is 5.98. The fourth-order valence-corrected chi connectivity index (χ4v) is 4.96. The number of amides is 1. The molecule has 0 aliphatic rings. The van der Waals surface area contributed by atoms with Crippen molar-refractivity contribution in [3.8, 4) is 22.6 Å². The zero-order chi connectivity index (χ0) is 29.4. The number of carbonyl (C=O) groups excluding carboxylic acids is 1. The smallest absolute Gasteiger partial charge is 0.416 e. The lowest BCUT2D eigenvalue weighted by Crippen LogP contribution is -2.14. The summed E-state index contributed by atoms with van der Waals surface area (Å²) < 4.78 is 70.3. The molecular formula is C29H21F3N4O4S. The van der Waals surface area contributed by atoms with Gasteiger partial charge in [-0.05, 0) is 65.5 Å². The van der Waals surface area contributed by atoms with Crippen LogP contribution >= 0.6 is 0 Å². The number of nitrogens with two attached hydrogens (primary N) is 2. The van der Waals surface area contributed by atoms with E-state index in [1.165, 1.54) is 36.4 Å². The fourth-order valence-electron chi connectivity index (χ4n) is 4.20. The summed E-state index contributed by atoms with van der Waals surface area (Å²) in [6, 6.07) is 21.4. The number of fused-ring (bicyclic) bond motifs is 1. The van der Waals surface area contributed by atoms with Crippen molar-refractivity contribution in [1.82, 2.24) is 4.98 Å². The van der Waals surface area contributed by atoms with E-state index >= 15 is 0 Å². The number of nitrogens with zero attached hydrogens (tertiary/aromatic N) is 1. The highest BCUT2D eigenvalue weighted by molar-refractivity contribution is 7.89. The van der Waals surface area contributed by atoms with Gasteiger partial charge in [0.15, 0.2) is 5.75 Å². The normalized spacial score (nSPS) is 11.8. The predicted molar refractivity (Wildman–Crippen MR) is 149 cm³/mol. The highest BCUT2D eigenvalue weighted by Gasteiger charge is 2.31. The number of rotatable bonds is 6. The Bertz CT molecular complexity index is 1890. The molecule has 4 aromatic carbocycles. The maximum atomic E-state index is 13.5. The molecule has 41 heavy (non-hydrogen) atoms. The first-order valence-corrected chi connectivity index (χ1v) is 13.5. The van der Waals surface area contributed by atoms with Crippen molar-refractivity contribution in [2.45, 2.75) is 11.1 Å². The molecule has 0 spiro atoms. The van der Waals surface area contributed by atoms with E-state index in [0.717, 1.165) is 23.6 Å². The summed E-state index contributed by atoms with van der Waals surface area (Å²) in [6.45, 7) is 0. The van der Waals surface area contributed by atoms with Gasteiger partial charge in [0.2, 0.25) is 10.0 Å².